The Morgan fingerprint density at radius 2 is 1.80 bits per heavy atom. The van der Waals surface area contributed by atoms with Crippen LogP contribution in [0.25, 0.3) is 5.65 Å². The second-order valence-corrected chi connectivity index (χ2v) is 6.31. The van der Waals surface area contributed by atoms with Crippen LogP contribution in [0.5, 0.6) is 11.5 Å². The van der Waals surface area contributed by atoms with Crippen LogP contribution in [-0.4, -0.2) is 34.7 Å². The fourth-order valence-corrected chi connectivity index (χ4v) is 2.92. The number of amides is 1. The minimum Gasteiger partial charge on any atom is -0.497 e. The number of rotatable bonds is 7. The molecule has 3 aromatic rings. The van der Waals surface area contributed by atoms with Crippen LogP contribution < -0.4 is 14.8 Å². The number of carbonyl (C=O) groups excluding carboxylic acids is 1. The Balaban J connectivity index is 1.93. The van der Waals surface area contributed by atoms with Gasteiger partial charge in [0.25, 0.3) is 18.8 Å². The number of nitrogens with one attached hydrogen (secondary N) is 1. The van der Waals surface area contributed by atoms with Gasteiger partial charge in [0, 0.05) is 11.6 Å². The summed E-state index contributed by atoms with van der Waals surface area (Å²) in [6, 6.07) is 6.12. The molecule has 30 heavy (non-hydrogen) atoms. The molecular weight excluding hydrogens is 408 g/mol. The first kappa shape index (κ1) is 21.3. The van der Waals surface area contributed by atoms with E-state index in [0.29, 0.717) is 27.6 Å². The molecule has 0 spiro atoms. The SMILES string of the molecule is COc1ccc(OC)c(C(C)NC(=O)c2cc3nc(C(F)F)cc(C(F)F)n3n2)c1. The Morgan fingerprint density at radius 3 is 2.40 bits per heavy atom. The summed E-state index contributed by atoms with van der Waals surface area (Å²) in [7, 11) is 2.97. The number of ether oxygens (including phenoxy) is 2. The lowest BCUT2D eigenvalue weighted by molar-refractivity contribution is 0.0933. The topological polar surface area (TPSA) is 77.8 Å². The van der Waals surface area contributed by atoms with Crippen molar-refractivity contribution in [1.82, 2.24) is 19.9 Å². The van der Waals surface area contributed by atoms with Crippen molar-refractivity contribution in [3.63, 3.8) is 0 Å². The van der Waals surface area contributed by atoms with E-state index in [1.807, 2.05) is 0 Å². The van der Waals surface area contributed by atoms with E-state index in [1.54, 1.807) is 25.1 Å². The molecule has 0 saturated heterocycles. The molecule has 7 nitrogen and oxygen atoms in total. The Kier molecular flexibility index (Phi) is 6.09. The van der Waals surface area contributed by atoms with Crippen LogP contribution in [0, 0.1) is 0 Å². The number of hydrogen-bond donors (Lipinski definition) is 1. The van der Waals surface area contributed by atoms with E-state index in [2.05, 4.69) is 15.4 Å². The number of fused-ring (bicyclic) bond motifs is 1. The Hall–Kier alpha value is -3.37. The number of alkyl halides is 4. The third kappa shape index (κ3) is 4.14. The number of benzene rings is 1. The van der Waals surface area contributed by atoms with Crippen LogP contribution >= 0.6 is 0 Å². The van der Waals surface area contributed by atoms with Crippen LogP contribution in [0.1, 0.15) is 53.3 Å². The van der Waals surface area contributed by atoms with E-state index in [4.69, 9.17) is 9.47 Å². The molecule has 1 unspecified atom stereocenters. The number of hydrogen-bond acceptors (Lipinski definition) is 5. The predicted molar refractivity (Wildman–Crippen MR) is 98.3 cm³/mol. The maximum absolute atomic E-state index is 13.3. The average molecular weight is 426 g/mol. The molecule has 0 radical (unpaired) electrons. The molecule has 2 aromatic heterocycles. The number of carbonyl (C=O) groups is 1. The summed E-state index contributed by atoms with van der Waals surface area (Å²) < 4.78 is 63.6. The van der Waals surface area contributed by atoms with E-state index >= 15 is 0 Å². The monoisotopic (exact) mass is 426 g/mol. The number of nitrogens with zero attached hydrogens (tertiary/aromatic N) is 3. The summed E-state index contributed by atoms with van der Waals surface area (Å²) in [5.41, 5.74) is -1.51. The molecule has 1 atom stereocenters. The zero-order chi connectivity index (χ0) is 22.0. The highest BCUT2D eigenvalue weighted by Crippen LogP contribution is 2.30. The second-order valence-electron chi connectivity index (χ2n) is 6.31. The van der Waals surface area contributed by atoms with Gasteiger partial charge in [-0.15, -0.1) is 0 Å². The van der Waals surface area contributed by atoms with Crippen molar-refractivity contribution in [3.05, 3.63) is 53.0 Å². The van der Waals surface area contributed by atoms with Gasteiger partial charge in [0.15, 0.2) is 11.3 Å². The maximum atomic E-state index is 13.3. The largest absolute Gasteiger partial charge is 0.497 e. The fraction of sp³-hybridized carbons (Fsp3) is 0.316. The standard InChI is InChI=1S/C19H18F4N4O3/c1-9(11-6-10(29-2)4-5-15(11)30-3)24-19(28)13-8-16-25-12(17(20)21)7-14(18(22)23)27(16)26-13/h4-9,17-18H,1-3H3,(H,24,28). The first-order valence-corrected chi connectivity index (χ1v) is 8.74. The summed E-state index contributed by atoms with van der Waals surface area (Å²) in [5, 5.41) is 6.49. The molecule has 1 N–H and O–H groups in total. The molecule has 3 rings (SSSR count). The van der Waals surface area contributed by atoms with Crippen molar-refractivity contribution in [2.45, 2.75) is 25.8 Å². The highest BCUT2D eigenvalue weighted by molar-refractivity contribution is 5.93. The highest BCUT2D eigenvalue weighted by Gasteiger charge is 2.23. The van der Waals surface area contributed by atoms with Gasteiger partial charge in [0.2, 0.25) is 0 Å². The molecular formula is C19H18F4N4O3. The molecule has 1 aromatic carbocycles. The van der Waals surface area contributed by atoms with Crippen LogP contribution in [0.2, 0.25) is 0 Å². The highest BCUT2D eigenvalue weighted by atomic mass is 19.3. The van der Waals surface area contributed by atoms with Gasteiger partial charge >= 0.3 is 0 Å². The smallest absolute Gasteiger partial charge is 0.280 e. The summed E-state index contributed by atoms with van der Waals surface area (Å²) in [4.78, 5) is 16.2. The molecule has 0 aliphatic rings. The molecule has 0 saturated carbocycles. The molecule has 11 heteroatoms. The van der Waals surface area contributed by atoms with Gasteiger partial charge in [0.1, 0.15) is 22.9 Å². The zero-order valence-corrected chi connectivity index (χ0v) is 16.2. The molecule has 1 amide bonds. The lowest BCUT2D eigenvalue weighted by Crippen LogP contribution is -2.27. The molecule has 0 fully saturated rings. The summed E-state index contributed by atoms with van der Waals surface area (Å²) in [6.07, 6.45) is -6.12. The third-order valence-corrected chi connectivity index (χ3v) is 4.41. The lowest BCUT2D eigenvalue weighted by Gasteiger charge is -2.17. The molecule has 2 heterocycles. The Morgan fingerprint density at radius 1 is 1.07 bits per heavy atom. The van der Waals surface area contributed by atoms with Gasteiger partial charge in [-0.2, -0.15) is 5.10 Å². The Bertz CT molecular complexity index is 1070. The van der Waals surface area contributed by atoms with Crippen molar-refractivity contribution in [2.24, 2.45) is 0 Å². The first-order chi connectivity index (χ1) is 14.2. The third-order valence-electron chi connectivity index (χ3n) is 4.41. The average Bonchev–Trinajstić information content (AvgIpc) is 3.16. The van der Waals surface area contributed by atoms with Gasteiger partial charge in [-0.1, -0.05) is 0 Å². The predicted octanol–water partition coefficient (Wildman–Crippen LogP) is 4.11. The zero-order valence-electron chi connectivity index (χ0n) is 16.2. The quantitative estimate of drug-likeness (QED) is 0.576. The van der Waals surface area contributed by atoms with Crippen molar-refractivity contribution in [2.75, 3.05) is 14.2 Å². The van der Waals surface area contributed by atoms with E-state index in [0.717, 1.165) is 6.07 Å². The summed E-state index contributed by atoms with van der Waals surface area (Å²) >= 11 is 0. The van der Waals surface area contributed by atoms with Crippen LogP contribution in [0.4, 0.5) is 17.6 Å². The van der Waals surface area contributed by atoms with E-state index in [-0.39, 0.29) is 11.3 Å². The van der Waals surface area contributed by atoms with Gasteiger partial charge in [-0.3, -0.25) is 4.79 Å². The minimum atomic E-state index is -3.08. The first-order valence-electron chi connectivity index (χ1n) is 8.74. The van der Waals surface area contributed by atoms with Crippen LogP contribution in [-0.2, 0) is 0 Å². The minimum absolute atomic E-state index is 0.246. The van der Waals surface area contributed by atoms with E-state index in [1.165, 1.54) is 14.2 Å². The molecule has 0 bridgehead atoms. The number of methoxy groups -OCH3 is 2. The fourth-order valence-electron chi connectivity index (χ4n) is 2.92. The normalized spacial score (nSPS) is 12.4. The van der Waals surface area contributed by atoms with E-state index in [9.17, 15) is 22.4 Å². The van der Waals surface area contributed by atoms with Crippen molar-refractivity contribution in [1.29, 1.82) is 0 Å². The number of halogens is 4. The van der Waals surface area contributed by atoms with Crippen molar-refractivity contribution < 1.29 is 31.8 Å². The second kappa shape index (κ2) is 8.56. The van der Waals surface area contributed by atoms with Crippen molar-refractivity contribution >= 4 is 11.6 Å². The molecule has 0 aliphatic carbocycles. The maximum Gasteiger partial charge on any atom is 0.280 e. The number of aromatic nitrogens is 3. The molecule has 160 valence electrons. The lowest BCUT2D eigenvalue weighted by atomic mass is 10.1. The molecule has 0 aliphatic heterocycles. The van der Waals surface area contributed by atoms with Gasteiger partial charge in [0.05, 0.1) is 20.3 Å². The van der Waals surface area contributed by atoms with E-state index < -0.39 is 36.2 Å². The van der Waals surface area contributed by atoms with Gasteiger partial charge < -0.3 is 14.8 Å². The van der Waals surface area contributed by atoms with Crippen LogP contribution in [0.15, 0.2) is 30.3 Å². The Labute approximate surface area is 168 Å². The van der Waals surface area contributed by atoms with Crippen LogP contribution in [0.3, 0.4) is 0 Å². The van der Waals surface area contributed by atoms with Gasteiger partial charge in [-0.05, 0) is 31.2 Å². The summed E-state index contributed by atoms with van der Waals surface area (Å²) in [5.74, 6) is 0.350. The summed E-state index contributed by atoms with van der Waals surface area (Å²) in [6.45, 7) is 1.68. The van der Waals surface area contributed by atoms with Crippen molar-refractivity contribution in [3.8, 4) is 11.5 Å². The van der Waals surface area contributed by atoms with Gasteiger partial charge in [-0.25, -0.2) is 27.1 Å².